The Morgan fingerprint density at radius 2 is 1.97 bits per heavy atom. The first-order valence-electron chi connectivity index (χ1n) is 12.6. The molecule has 3 atom stereocenters. The fourth-order valence-corrected chi connectivity index (χ4v) is 5.30. The number of rotatable bonds is 9. The molecule has 3 aromatic heterocycles. The van der Waals surface area contributed by atoms with Crippen LogP contribution in [0, 0.1) is 11.8 Å². The van der Waals surface area contributed by atoms with Crippen LogP contribution in [0.1, 0.15) is 57.5 Å². The van der Waals surface area contributed by atoms with Crippen molar-refractivity contribution in [3.05, 3.63) is 70.7 Å². The number of Topliss-reactive ketones (excluding diaryl/α,β-unsaturated/α-hetero) is 1. The molecular formula is C27H31N7O2. The minimum absolute atomic E-state index is 0.0575. The Hall–Kier alpha value is -3.88. The van der Waals surface area contributed by atoms with Crippen molar-refractivity contribution in [3.8, 4) is 22.5 Å². The third kappa shape index (κ3) is 4.41. The first-order chi connectivity index (χ1) is 17.5. The molecule has 1 aliphatic carbocycles. The number of pyridine rings is 1. The van der Waals surface area contributed by atoms with Crippen LogP contribution in [-0.4, -0.2) is 40.5 Å². The number of hydrogen-bond acceptors (Lipinski definition) is 6. The van der Waals surface area contributed by atoms with Gasteiger partial charge in [-0.15, -0.1) is 5.10 Å². The van der Waals surface area contributed by atoms with E-state index in [1.165, 1.54) is 0 Å². The highest BCUT2D eigenvalue weighted by atomic mass is 16.2. The van der Waals surface area contributed by atoms with Gasteiger partial charge in [0.1, 0.15) is 5.78 Å². The van der Waals surface area contributed by atoms with Crippen molar-refractivity contribution in [2.75, 3.05) is 0 Å². The van der Waals surface area contributed by atoms with Crippen LogP contribution in [0.25, 0.3) is 22.5 Å². The Balaban J connectivity index is 1.44. The summed E-state index contributed by atoms with van der Waals surface area (Å²) in [5.74, 6) is 0.983. The molecule has 0 amide bonds. The smallest absolute Gasteiger partial charge is 0.300 e. The highest BCUT2D eigenvalue weighted by molar-refractivity contribution is 5.80. The van der Waals surface area contributed by atoms with Crippen LogP contribution in [0.3, 0.4) is 0 Å². The molecule has 5 rings (SSSR count). The molecule has 0 spiro atoms. The van der Waals surface area contributed by atoms with E-state index >= 15 is 0 Å². The standard InChI is InChI=1S/C27H31N7O2/c1-4-5-8-21-16-34(25-17(2)13-24(25)18(3)35)27(36)33(21)15-20-12-11-19(14-28-20)22-9-6-7-10-23(22)26-29-31-32-30-26/h6-7,9-12,14,16-17,24-25H,4-5,8,13,15H2,1-3H3,(H,29,30,31,32). The molecule has 186 valence electrons. The number of carbonyl (C=O) groups is 1. The van der Waals surface area contributed by atoms with Gasteiger partial charge in [0.15, 0.2) is 5.82 Å². The summed E-state index contributed by atoms with van der Waals surface area (Å²) >= 11 is 0. The Morgan fingerprint density at radius 3 is 2.61 bits per heavy atom. The van der Waals surface area contributed by atoms with E-state index < -0.39 is 0 Å². The highest BCUT2D eigenvalue weighted by Crippen LogP contribution is 2.44. The van der Waals surface area contributed by atoms with Gasteiger partial charge in [-0.1, -0.05) is 50.6 Å². The third-order valence-electron chi connectivity index (χ3n) is 7.32. The van der Waals surface area contributed by atoms with Crippen molar-refractivity contribution in [3.63, 3.8) is 0 Å². The molecule has 0 radical (unpaired) electrons. The molecular weight excluding hydrogens is 454 g/mol. The molecule has 1 saturated carbocycles. The van der Waals surface area contributed by atoms with Gasteiger partial charge in [0.05, 0.1) is 18.3 Å². The average molecular weight is 486 g/mol. The van der Waals surface area contributed by atoms with Crippen LogP contribution in [0.5, 0.6) is 0 Å². The number of aryl methyl sites for hydroxylation is 1. The molecule has 4 aromatic rings. The predicted octanol–water partition coefficient (Wildman–Crippen LogP) is 4.07. The summed E-state index contributed by atoms with van der Waals surface area (Å²) in [6, 6.07) is 11.8. The van der Waals surface area contributed by atoms with Crippen molar-refractivity contribution in [1.82, 2.24) is 34.7 Å². The lowest BCUT2D eigenvalue weighted by atomic mass is 9.69. The molecule has 0 saturated heterocycles. The number of nitrogens with one attached hydrogen (secondary N) is 1. The number of aromatic amines is 1. The summed E-state index contributed by atoms with van der Waals surface area (Å²) in [4.78, 5) is 30.4. The zero-order valence-corrected chi connectivity index (χ0v) is 20.9. The monoisotopic (exact) mass is 485 g/mol. The van der Waals surface area contributed by atoms with Crippen molar-refractivity contribution in [1.29, 1.82) is 0 Å². The van der Waals surface area contributed by atoms with Gasteiger partial charge in [0.2, 0.25) is 0 Å². The largest absolute Gasteiger partial charge is 0.328 e. The second kappa shape index (κ2) is 10.0. The first-order valence-corrected chi connectivity index (χ1v) is 12.6. The van der Waals surface area contributed by atoms with E-state index in [9.17, 15) is 9.59 Å². The number of tetrazole rings is 1. The van der Waals surface area contributed by atoms with Crippen LogP contribution >= 0.6 is 0 Å². The van der Waals surface area contributed by atoms with E-state index in [0.717, 1.165) is 53.8 Å². The summed E-state index contributed by atoms with van der Waals surface area (Å²) in [5.41, 5.74) is 4.54. The molecule has 1 aromatic carbocycles. The SMILES string of the molecule is CCCCc1cn(C2C(C)CC2C(C)=O)c(=O)n1Cc1ccc(-c2ccccc2-c2nnn[nH]2)cn1. The summed E-state index contributed by atoms with van der Waals surface area (Å²) in [6.45, 7) is 6.29. The Labute approximate surface area is 209 Å². The van der Waals surface area contributed by atoms with E-state index in [4.69, 9.17) is 4.98 Å². The van der Waals surface area contributed by atoms with Crippen LogP contribution < -0.4 is 5.69 Å². The quantitative estimate of drug-likeness (QED) is 0.383. The Kier molecular flexibility index (Phi) is 6.63. The lowest BCUT2D eigenvalue weighted by Crippen LogP contribution is -2.44. The molecule has 3 heterocycles. The van der Waals surface area contributed by atoms with Crippen molar-refractivity contribution < 1.29 is 4.79 Å². The average Bonchev–Trinajstić information content (AvgIpc) is 3.51. The van der Waals surface area contributed by atoms with Gasteiger partial charge in [-0.25, -0.2) is 9.89 Å². The minimum atomic E-state index is -0.0791. The summed E-state index contributed by atoms with van der Waals surface area (Å²) in [5, 5.41) is 14.2. The number of nitrogens with zero attached hydrogens (tertiary/aromatic N) is 6. The molecule has 1 N–H and O–H groups in total. The Morgan fingerprint density at radius 1 is 1.17 bits per heavy atom. The normalized spacial score (nSPS) is 19.2. The molecule has 9 nitrogen and oxygen atoms in total. The molecule has 3 unspecified atom stereocenters. The molecule has 1 fully saturated rings. The van der Waals surface area contributed by atoms with Crippen LogP contribution in [-0.2, 0) is 17.8 Å². The zero-order chi connectivity index (χ0) is 25.2. The number of carbonyl (C=O) groups excluding carboxylic acids is 1. The molecule has 36 heavy (non-hydrogen) atoms. The van der Waals surface area contributed by atoms with Crippen molar-refractivity contribution in [2.24, 2.45) is 11.8 Å². The van der Waals surface area contributed by atoms with E-state index in [-0.39, 0.29) is 23.4 Å². The van der Waals surface area contributed by atoms with Gasteiger partial charge < -0.3 is 0 Å². The Bertz CT molecular complexity index is 1400. The van der Waals surface area contributed by atoms with E-state index in [1.807, 2.05) is 53.4 Å². The van der Waals surface area contributed by atoms with Crippen LogP contribution in [0.15, 0.2) is 53.6 Å². The summed E-state index contributed by atoms with van der Waals surface area (Å²) in [6.07, 6.45) is 7.51. The molecule has 0 aliphatic heterocycles. The molecule has 0 bridgehead atoms. The fraction of sp³-hybridized carbons (Fsp3) is 0.407. The molecule has 9 heteroatoms. The third-order valence-corrected chi connectivity index (χ3v) is 7.32. The number of ketones is 1. The number of unbranched alkanes of at least 4 members (excludes halogenated alkanes) is 1. The lowest BCUT2D eigenvalue weighted by molar-refractivity contribution is -0.127. The number of imidazole rings is 1. The maximum atomic E-state index is 13.5. The summed E-state index contributed by atoms with van der Waals surface area (Å²) < 4.78 is 3.63. The second-order valence-electron chi connectivity index (χ2n) is 9.75. The minimum Gasteiger partial charge on any atom is -0.300 e. The van der Waals surface area contributed by atoms with Crippen LogP contribution in [0.2, 0.25) is 0 Å². The zero-order valence-electron chi connectivity index (χ0n) is 20.9. The number of hydrogen-bond donors (Lipinski definition) is 1. The van der Waals surface area contributed by atoms with E-state index in [0.29, 0.717) is 18.3 Å². The number of benzene rings is 1. The van der Waals surface area contributed by atoms with Gasteiger partial charge in [0, 0.05) is 35.1 Å². The highest BCUT2D eigenvalue weighted by Gasteiger charge is 2.43. The van der Waals surface area contributed by atoms with E-state index in [1.54, 1.807) is 11.5 Å². The van der Waals surface area contributed by atoms with Gasteiger partial charge in [-0.05, 0) is 54.2 Å². The van der Waals surface area contributed by atoms with Gasteiger partial charge in [-0.2, -0.15) is 0 Å². The predicted molar refractivity (Wildman–Crippen MR) is 136 cm³/mol. The first kappa shape index (κ1) is 23.8. The maximum Gasteiger partial charge on any atom is 0.328 e. The lowest BCUT2D eigenvalue weighted by Gasteiger charge is -2.41. The van der Waals surface area contributed by atoms with Crippen LogP contribution in [0.4, 0.5) is 0 Å². The van der Waals surface area contributed by atoms with E-state index in [2.05, 4.69) is 34.5 Å². The van der Waals surface area contributed by atoms with Gasteiger partial charge in [0.25, 0.3) is 0 Å². The fourth-order valence-electron chi connectivity index (χ4n) is 5.30. The van der Waals surface area contributed by atoms with Crippen molar-refractivity contribution >= 4 is 5.78 Å². The topological polar surface area (TPSA) is 111 Å². The second-order valence-corrected chi connectivity index (χ2v) is 9.75. The molecule has 1 aliphatic rings. The van der Waals surface area contributed by atoms with Gasteiger partial charge in [-0.3, -0.25) is 18.9 Å². The summed E-state index contributed by atoms with van der Waals surface area (Å²) in [7, 11) is 0. The van der Waals surface area contributed by atoms with Gasteiger partial charge >= 0.3 is 5.69 Å². The number of aromatic nitrogens is 7. The van der Waals surface area contributed by atoms with Crippen molar-refractivity contribution in [2.45, 2.75) is 59.0 Å². The number of H-pyrrole nitrogens is 1. The maximum absolute atomic E-state index is 13.5.